The van der Waals surface area contributed by atoms with E-state index in [-0.39, 0.29) is 41.7 Å². The normalized spacial score (nSPS) is 12.1. The van der Waals surface area contributed by atoms with Crippen LogP contribution in [0.25, 0.3) is 28.0 Å². The molecule has 0 spiro atoms. The first-order valence-electron chi connectivity index (χ1n) is 14.0. The van der Waals surface area contributed by atoms with Crippen molar-refractivity contribution < 1.29 is 17.6 Å². The second-order valence-electron chi connectivity index (χ2n) is 9.93. The molecule has 8 N–H and O–H groups in total. The number of benzene rings is 2. The van der Waals surface area contributed by atoms with Crippen LogP contribution in [0.5, 0.6) is 0 Å². The Hall–Kier alpha value is -4.23. The Labute approximate surface area is 247 Å². The maximum absolute atomic E-state index is 15.2. The van der Waals surface area contributed by atoms with E-state index in [1.807, 2.05) is 26.0 Å². The molecule has 0 saturated carbocycles. The van der Waals surface area contributed by atoms with Gasteiger partial charge in [-0.15, -0.1) is 0 Å². The number of nitrogens with zero attached hydrogens (tertiary/aromatic N) is 3. The highest BCUT2D eigenvalue weighted by atomic mass is 19.4. The monoisotopic (exact) mass is 602 g/mol. The predicted octanol–water partition coefficient (Wildman–Crippen LogP) is 4.46. The first-order valence-corrected chi connectivity index (χ1v) is 14.0. The molecule has 4 aromatic rings. The lowest BCUT2D eigenvalue weighted by Crippen LogP contribution is -2.23. The molecule has 0 radical (unpaired) electrons. The number of nitrogens with two attached hydrogens (primary N) is 3. The van der Waals surface area contributed by atoms with Crippen molar-refractivity contribution >= 4 is 17.0 Å². The number of alkyl halides is 3. The minimum Gasteiger partial charge on any atom is -0.370 e. The number of hydrogen-bond acceptors (Lipinski definition) is 5. The third kappa shape index (κ3) is 8.64. The lowest BCUT2D eigenvalue weighted by Gasteiger charge is -2.15. The van der Waals surface area contributed by atoms with Crippen molar-refractivity contribution in [3.05, 3.63) is 81.7 Å². The molecule has 0 amide bonds. The molecule has 0 bridgehead atoms. The summed E-state index contributed by atoms with van der Waals surface area (Å²) in [5.74, 6) is -1.44. The van der Waals surface area contributed by atoms with Crippen LogP contribution in [0.4, 0.5) is 17.6 Å². The van der Waals surface area contributed by atoms with E-state index < -0.39 is 23.2 Å². The third-order valence-electron chi connectivity index (χ3n) is 6.57. The van der Waals surface area contributed by atoms with E-state index in [4.69, 9.17) is 17.2 Å². The number of aromatic amines is 1. The van der Waals surface area contributed by atoms with Crippen molar-refractivity contribution in [1.82, 2.24) is 19.9 Å². The molecule has 0 fully saturated rings. The summed E-state index contributed by atoms with van der Waals surface area (Å²) in [5.41, 5.74) is 16.1. The van der Waals surface area contributed by atoms with E-state index >= 15 is 4.39 Å². The van der Waals surface area contributed by atoms with Crippen LogP contribution in [0.1, 0.15) is 43.9 Å². The summed E-state index contributed by atoms with van der Waals surface area (Å²) in [6.45, 7) is 7.92. The molecule has 2 heterocycles. The van der Waals surface area contributed by atoms with Crippen LogP contribution >= 0.6 is 0 Å². The molecule has 9 nitrogen and oxygen atoms in total. The first-order chi connectivity index (χ1) is 20.5. The zero-order valence-electron chi connectivity index (χ0n) is 24.4. The van der Waals surface area contributed by atoms with Crippen molar-refractivity contribution in [2.45, 2.75) is 46.3 Å². The highest BCUT2D eigenvalue weighted by Crippen LogP contribution is 2.37. The van der Waals surface area contributed by atoms with E-state index in [0.717, 1.165) is 18.1 Å². The van der Waals surface area contributed by atoms with Crippen molar-refractivity contribution in [2.24, 2.45) is 28.1 Å². The molecule has 4 rings (SSSR count). The minimum atomic E-state index is -4.88. The topological polar surface area (TPSA) is 153 Å². The van der Waals surface area contributed by atoms with Gasteiger partial charge in [0.25, 0.3) is 0 Å². The van der Waals surface area contributed by atoms with Gasteiger partial charge < -0.3 is 27.5 Å². The van der Waals surface area contributed by atoms with Gasteiger partial charge in [-0.1, -0.05) is 32.9 Å². The molecule has 0 aliphatic carbocycles. The van der Waals surface area contributed by atoms with Crippen LogP contribution in [-0.2, 0) is 19.1 Å². The van der Waals surface area contributed by atoms with Crippen LogP contribution in [0.15, 0.2) is 58.4 Å². The van der Waals surface area contributed by atoms with E-state index in [0.29, 0.717) is 36.3 Å². The van der Waals surface area contributed by atoms with Crippen molar-refractivity contribution in [1.29, 1.82) is 0 Å². The van der Waals surface area contributed by atoms with E-state index in [1.54, 1.807) is 19.1 Å². The van der Waals surface area contributed by atoms with Gasteiger partial charge >= 0.3 is 11.9 Å². The van der Waals surface area contributed by atoms with Gasteiger partial charge in [0.1, 0.15) is 11.5 Å². The first kappa shape index (κ1) is 33.3. The summed E-state index contributed by atoms with van der Waals surface area (Å²) in [4.78, 5) is 23.6. The molecule has 0 aliphatic heterocycles. The zero-order valence-corrected chi connectivity index (χ0v) is 24.4. The van der Waals surface area contributed by atoms with E-state index in [1.165, 1.54) is 22.9 Å². The Morgan fingerprint density at radius 2 is 1.81 bits per heavy atom. The number of guanidine groups is 1. The summed E-state index contributed by atoms with van der Waals surface area (Å²) in [7, 11) is 0. The van der Waals surface area contributed by atoms with Crippen molar-refractivity contribution in [2.75, 3.05) is 19.6 Å². The molecular formula is C30H38F4N8O. The van der Waals surface area contributed by atoms with Gasteiger partial charge in [0.05, 0.1) is 16.9 Å². The molecular weight excluding hydrogens is 564 g/mol. The zero-order chi connectivity index (χ0) is 31.7. The molecule has 1 atom stereocenters. The Morgan fingerprint density at radius 3 is 2.44 bits per heavy atom. The maximum atomic E-state index is 15.2. The fraction of sp³-hybridized carbons (Fsp3) is 0.367. The van der Waals surface area contributed by atoms with Gasteiger partial charge in [0.15, 0.2) is 5.96 Å². The smallest absolute Gasteiger partial charge is 0.370 e. The maximum Gasteiger partial charge on any atom is 0.419 e. The van der Waals surface area contributed by atoms with Gasteiger partial charge in [0, 0.05) is 30.2 Å². The largest absolute Gasteiger partial charge is 0.419 e. The van der Waals surface area contributed by atoms with Crippen molar-refractivity contribution in [3.8, 4) is 16.9 Å². The number of aliphatic imine (C=N–C) groups is 1. The number of nitrogens with one attached hydrogen (secondary N) is 2. The average molecular weight is 603 g/mol. The second kappa shape index (κ2) is 14.8. The molecule has 232 valence electrons. The lowest BCUT2D eigenvalue weighted by molar-refractivity contribution is -0.140. The predicted molar refractivity (Wildman–Crippen MR) is 162 cm³/mol. The standard InChI is InChI=1S/C28H32F4N8O.C2H6/c1-16(13-33)9-18-10-21(24(29)22(11-18)28(30,31)32)23-12-19-15-40(27(41)39-25(19)38-23)20-5-3-17(4-6-20)14-36-7-2-8-37-26(34)35;1-2/h3-6,10-12,15-16,36H,2,7-9,13-14,33H2,1H3,(H4,34,35,37)(H,38,39,41);1-2H3. The summed E-state index contributed by atoms with van der Waals surface area (Å²) >= 11 is 0. The van der Waals surface area contributed by atoms with E-state index in [2.05, 4.69) is 20.3 Å². The fourth-order valence-electron chi connectivity index (χ4n) is 4.43. The second-order valence-corrected chi connectivity index (χ2v) is 9.93. The van der Waals surface area contributed by atoms with Crippen LogP contribution in [0.3, 0.4) is 0 Å². The van der Waals surface area contributed by atoms with Crippen LogP contribution in [0.2, 0.25) is 0 Å². The Balaban J connectivity index is 0.00000248. The number of fused-ring (bicyclic) bond motifs is 1. The third-order valence-corrected chi connectivity index (χ3v) is 6.57. The molecule has 0 saturated heterocycles. The summed E-state index contributed by atoms with van der Waals surface area (Å²) in [6, 6.07) is 10.9. The molecule has 13 heteroatoms. The Bertz CT molecular complexity index is 1590. The number of H-pyrrole nitrogens is 1. The number of hydrogen-bond donors (Lipinski definition) is 5. The summed E-state index contributed by atoms with van der Waals surface area (Å²) in [6.07, 6.45) is -2.34. The number of aromatic nitrogens is 3. The van der Waals surface area contributed by atoms with Gasteiger partial charge in [0.2, 0.25) is 0 Å². The average Bonchev–Trinajstić information content (AvgIpc) is 3.38. The number of rotatable bonds is 11. The molecule has 2 aromatic heterocycles. The van der Waals surface area contributed by atoms with Crippen LogP contribution in [-0.4, -0.2) is 40.1 Å². The van der Waals surface area contributed by atoms with Gasteiger partial charge in [-0.2, -0.15) is 18.2 Å². The quantitative estimate of drug-likeness (QED) is 0.0740. The summed E-state index contributed by atoms with van der Waals surface area (Å²) < 4.78 is 57.5. The van der Waals surface area contributed by atoms with Crippen LogP contribution < -0.4 is 28.2 Å². The summed E-state index contributed by atoms with van der Waals surface area (Å²) in [5, 5.41) is 3.71. The molecule has 2 aromatic carbocycles. The Kier molecular flexibility index (Phi) is 11.4. The Morgan fingerprint density at radius 1 is 1.12 bits per heavy atom. The van der Waals surface area contributed by atoms with Crippen molar-refractivity contribution in [3.63, 3.8) is 0 Å². The van der Waals surface area contributed by atoms with Crippen LogP contribution in [0, 0.1) is 11.7 Å². The van der Waals surface area contributed by atoms with Gasteiger partial charge in [-0.25, -0.2) is 9.18 Å². The van der Waals surface area contributed by atoms with E-state index in [9.17, 15) is 18.0 Å². The molecule has 1 unspecified atom stereocenters. The molecule has 0 aliphatic rings. The lowest BCUT2D eigenvalue weighted by atomic mass is 9.95. The highest BCUT2D eigenvalue weighted by molar-refractivity contribution is 5.83. The fourth-order valence-corrected chi connectivity index (χ4v) is 4.43. The molecule has 43 heavy (non-hydrogen) atoms. The van der Waals surface area contributed by atoms with Gasteiger partial charge in [-0.3, -0.25) is 9.56 Å². The SMILES string of the molecule is CC.CC(CN)Cc1cc(-c2cc3cn(-c4ccc(CNCCCN=C(N)N)cc4)c(=O)nc3[nH]2)c(F)c(C(F)(F)F)c1. The number of halogens is 4. The minimum absolute atomic E-state index is 0.0596. The van der Waals surface area contributed by atoms with Gasteiger partial charge in [-0.05, 0) is 73.3 Å². The highest BCUT2D eigenvalue weighted by Gasteiger charge is 2.36.